The molecule has 2 aromatic carbocycles. The van der Waals surface area contributed by atoms with Crippen LogP contribution in [0.4, 0.5) is 0 Å². The van der Waals surface area contributed by atoms with E-state index >= 15 is 0 Å². The van der Waals surface area contributed by atoms with Crippen LogP contribution in [0.2, 0.25) is 0 Å². The summed E-state index contributed by atoms with van der Waals surface area (Å²) in [5.74, 6) is -0.0694. The summed E-state index contributed by atoms with van der Waals surface area (Å²) in [5, 5.41) is 21.7. The average molecular weight is 461 g/mol. The normalized spacial score (nSPS) is 21.8. The van der Waals surface area contributed by atoms with Gasteiger partial charge in [0.05, 0.1) is 12.5 Å². The van der Waals surface area contributed by atoms with Gasteiger partial charge in [-0.3, -0.25) is 9.59 Å². The van der Waals surface area contributed by atoms with Crippen molar-refractivity contribution >= 4 is 11.6 Å². The smallest absolute Gasteiger partial charge is 0.202 e. The van der Waals surface area contributed by atoms with Crippen LogP contribution in [0, 0.1) is 0 Å². The van der Waals surface area contributed by atoms with Crippen molar-refractivity contribution in [1.29, 1.82) is 0 Å². The molecule has 0 spiro atoms. The average Bonchev–Trinajstić information content (AvgIpc) is 2.86. The van der Waals surface area contributed by atoms with Gasteiger partial charge >= 0.3 is 0 Å². The fourth-order valence-corrected chi connectivity index (χ4v) is 3.20. The maximum Gasteiger partial charge on any atom is 0.202 e. The molecular weight excluding hydrogens is 432 g/mol. The minimum Gasteiger partial charge on any atom is -0.465 e. The Balaban J connectivity index is 1.70. The lowest BCUT2D eigenvalue weighted by molar-refractivity contribution is 0.0577. The third kappa shape index (κ3) is 5.78. The van der Waals surface area contributed by atoms with Gasteiger partial charge in [0.15, 0.2) is 11.2 Å². The van der Waals surface area contributed by atoms with Crippen LogP contribution in [-0.4, -0.2) is 33.0 Å². The van der Waals surface area contributed by atoms with Crippen LogP contribution >= 0.6 is 0 Å². The highest BCUT2D eigenvalue weighted by atomic mass is 16.5. The van der Waals surface area contributed by atoms with Crippen molar-refractivity contribution in [1.82, 2.24) is 0 Å². The van der Waals surface area contributed by atoms with Gasteiger partial charge in [-0.2, -0.15) is 0 Å². The van der Waals surface area contributed by atoms with Crippen molar-refractivity contribution in [2.45, 2.75) is 37.9 Å². The van der Waals surface area contributed by atoms with Gasteiger partial charge in [0.25, 0.3) is 0 Å². The number of carbonyl (C=O) groups excluding carboxylic acids is 2. The molecule has 1 aliphatic rings. The first-order valence-corrected chi connectivity index (χ1v) is 11.1. The summed E-state index contributed by atoms with van der Waals surface area (Å²) in [5.41, 5.74) is -3.46. The van der Waals surface area contributed by atoms with Gasteiger partial charge in [-0.05, 0) is 97.8 Å². The number of rotatable bonds is 10. The second-order valence-electron chi connectivity index (χ2n) is 7.82. The zero-order valence-electron chi connectivity index (χ0n) is 19.2. The molecule has 6 heteroatoms. The fraction of sp³-hybridized carbons (Fsp3) is 0.214. The third-order valence-electron chi connectivity index (χ3n) is 5.22. The van der Waals surface area contributed by atoms with Crippen LogP contribution in [0.25, 0.3) is 0 Å². The van der Waals surface area contributed by atoms with Gasteiger partial charge in [-0.1, -0.05) is 13.8 Å². The molecular formula is C28H28O6. The van der Waals surface area contributed by atoms with Crippen molar-refractivity contribution in [3.05, 3.63) is 109 Å². The molecule has 0 saturated carbocycles. The lowest BCUT2D eigenvalue weighted by Crippen LogP contribution is -2.43. The maximum absolute atomic E-state index is 12.9. The SMILES string of the molecule is CCC=COc1ccc(C(=O)C2(O)C=CC(O)(C(=O)c3ccc(OC=CCC)cc3)C=C2)cc1. The van der Waals surface area contributed by atoms with Crippen LogP contribution < -0.4 is 9.47 Å². The van der Waals surface area contributed by atoms with E-state index < -0.39 is 22.8 Å². The lowest BCUT2D eigenvalue weighted by Gasteiger charge is -2.28. The van der Waals surface area contributed by atoms with Gasteiger partial charge in [0.1, 0.15) is 11.5 Å². The van der Waals surface area contributed by atoms with E-state index in [4.69, 9.17) is 9.47 Å². The summed E-state index contributed by atoms with van der Waals surface area (Å²) in [6.07, 6.45) is 13.1. The van der Waals surface area contributed by atoms with Gasteiger partial charge < -0.3 is 19.7 Å². The number of hydrogen-bond acceptors (Lipinski definition) is 6. The Morgan fingerprint density at radius 2 is 1.00 bits per heavy atom. The van der Waals surface area contributed by atoms with Gasteiger partial charge in [0.2, 0.25) is 11.6 Å². The van der Waals surface area contributed by atoms with Crippen molar-refractivity contribution < 1.29 is 29.3 Å². The zero-order valence-corrected chi connectivity index (χ0v) is 19.2. The molecule has 1 aliphatic carbocycles. The minimum absolute atomic E-state index is 0.257. The Kier molecular flexibility index (Phi) is 7.99. The summed E-state index contributed by atoms with van der Waals surface area (Å²) in [4.78, 5) is 25.8. The highest BCUT2D eigenvalue weighted by molar-refractivity contribution is 6.08. The highest BCUT2D eigenvalue weighted by Crippen LogP contribution is 2.29. The van der Waals surface area contributed by atoms with E-state index in [-0.39, 0.29) is 11.1 Å². The van der Waals surface area contributed by atoms with E-state index in [0.29, 0.717) is 11.5 Å². The second-order valence-corrected chi connectivity index (χ2v) is 7.82. The van der Waals surface area contributed by atoms with Crippen LogP contribution in [-0.2, 0) is 0 Å². The van der Waals surface area contributed by atoms with E-state index in [9.17, 15) is 19.8 Å². The topological polar surface area (TPSA) is 93.1 Å². The van der Waals surface area contributed by atoms with Crippen LogP contribution in [0.3, 0.4) is 0 Å². The summed E-state index contributed by atoms with van der Waals surface area (Å²) in [6.45, 7) is 3.97. The molecule has 0 amide bonds. The van der Waals surface area contributed by atoms with Crippen LogP contribution in [0.1, 0.15) is 47.4 Å². The molecule has 176 valence electrons. The fourth-order valence-electron chi connectivity index (χ4n) is 3.20. The van der Waals surface area contributed by atoms with Crippen LogP contribution in [0.15, 0.2) is 97.5 Å². The second kappa shape index (κ2) is 10.9. The van der Waals surface area contributed by atoms with Crippen molar-refractivity contribution in [3.63, 3.8) is 0 Å². The highest BCUT2D eigenvalue weighted by Gasteiger charge is 2.40. The molecule has 0 heterocycles. The van der Waals surface area contributed by atoms with Gasteiger partial charge in [-0.25, -0.2) is 0 Å². The molecule has 0 aliphatic heterocycles. The molecule has 0 radical (unpaired) electrons. The lowest BCUT2D eigenvalue weighted by atomic mass is 9.81. The first-order chi connectivity index (χ1) is 16.3. The molecule has 6 nitrogen and oxygen atoms in total. The monoisotopic (exact) mass is 460 g/mol. The number of ketones is 2. The quantitative estimate of drug-likeness (QED) is 0.296. The molecule has 0 atom stereocenters. The van der Waals surface area contributed by atoms with Crippen LogP contribution in [0.5, 0.6) is 11.5 Å². The van der Waals surface area contributed by atoms with Crippen molar-refractivity contribution in [2.24, 2.45) is 0 Å². The minimum atomic E-state index is -1.99. The number of carbonyl (C=O) groups is 2. The van der Waals surface area contributed by atoms with E-state index in [1.807, 2.05) is 26.0 Å². The molecule has 34 heavy (non-hydrogen) atoms. The zero-order chi connectivity index (χ0) is 24.6. The Bertz CT molecular complexity index is 1020. The first-order valence-electron chi connectivity index (χ1n) is 11.1. The molecule has 0 aromatic heterocycles. The molecule has 0 saturated heterocycles. The Morgan fingerprint density at radius 1 is 0.676 bits per heavy atom. The largest absolute Gasteiger partial charge is 0.465 e. The number of hydrogen-bond donors (Lipinski definition) is 2. The first kappa shape index (κ1) is 24.9. The number of allylic oxidation sites excluding steroid dienone is 2. The van der Waals surface area contributed by atoms with E-state index in [2.05, 4.69) is 0 Å². The number of benzene rings is 2. The van der Waals surface area contributed by atoms with E-state index in [1.54, 1.807) is 61.1 Å². The molecule has 0 bridgehead atoms. The third-order valence-corrected chi connectivity index (χ3v) is 5.22. The molecule has 0 fully saturated rings. The van der Waals surface area contributed by atoms with E-state index in [0.717, 1.165) is 37.1 Å². The van der Waals surface area contributed by atoms with Gasteiger partial charge in [-0.15, -0.1) is 0 Å². The molecule has 2 N–H and O–H groups in total. The number of aliphatic hydroxyl groups is 2. The molecule has 0 unspecified atom stereocenters. The Hall–Kier alpha value is -3.74. The Labute approximate surface area is 199 Å². The van der Waals surface area contributed by atoms with Crippen molar-refractivity contribution in [2.75, 3.05) is 0 Å². The number of Topliss-reactive ketones (excluding diaryl/α,β-unsaturated/α-hetero) is 2. The summed E-state index contributed by atoms with van der Waals surface area (Å²) < 4.78 is 10.8. The summed E-state index contributed by atoms with van der Waals surface area (Å²) >= 11 is 0. The van der Waals surface area contributed by atoms with E-state index in [1.165, 1.54) is 0 Å². The predicted octanol–water partition coefficient (Wildman–Crippen LogP) is 4.95. The standard InChI is InChI=1S/C28H28O6/c1-3-5-19-33-23-11-7-21(8-12-23)25(29)27(31)15-17-28(32,18-16-27)26(30)22-9-13-24(14-10-22)34-20-6-4-2/h5-20,31-32H,3-4H2,1-2H3. The molecule has 2 aromatic rings. The van der Waals surface area contributed by atoms with Gasteiger partial charge in [0, 0.05) is 11.1 Å². The summed E-state index contributed by atoms with van der Waals surface area (Å²) in [7, 11) is 0. The maximum atomic E-state index is 12.9. The Morgan fingerprint density at radius 3 is 1.29 bits per heavy atom. The predicted molar refractivity (Wildman–Crippen MR) is 130 cm³/mol. The van der Waals surface area contributed by atoms with Crippen molar-refractivity contribution in [3.8, 4) is 11.5 Å². The summed E-state index contributed by atoms with van der Waals surface area (Å²) in [6, 6.07) is 12.7. The molecule has 3 rings (SSSR count). The number of ether oxygens (including phenoxy) is 2.